The van der Waals surface area contributed by atoms with Crippen molar-refractivity contribution in [2.75, 3.05) is 13.1 Å². The Labute approximate surface area is 121 Å². The van der Waals surface area contributed by atoms with Crippen LogP contribution < -0.4 is 0 Å². The van der Waals surface area contributed by atoms with E-state index in [-0.39, 0.29) is 17.5 Å². The lowest BCUT2D eigenvalue weighted by molar-refractivity contribution is 0.151. The van der Waals surface area contributed by atoms with Gasteiger partial charge in [0, 0.05) is 30.6 Å². The molecule has 1 heterocycles. The molecule has 1 aliphatic carbocycles. The van der Waals surface area contributed by atoms with Crippen molar-refractivity contribution in [3.8, 4) is 0 Å². The van der Waals surface area contributed by atoms with Crippen molar-refractivity contribution >= 4 is 0 Å². The molecule has 3 rings (SSSR count). The third-order valence-corrected chi connectivity index (χ3v) is 4.82. The number of nitrogens with zero attached hydrogens (tertiary/aromatic N) is 1. The van der Waals surface area contributed by atoms with Gasteiger partial charge >= 0.3 is 0 Å². The van der Waals surface area contributed by atoms with Crippen molar-refractivity contribution in [1.82, 2.24) is 4.90 Å². The highest BCUT2D eigenvalue weighted by atomic mass is 19.3. The van der Waals surface area contributed by atoms with Crippen molar-refractivity contribution in [1.29, 1.82) is 0 Å². The summed E-state index contributed by atoms with van der Waals surface area (Å²) in [5.41, 5.74) is 0.977. The van der Waals surface area contributed by atoms with Gasteiger partial charge in [-0.2, -0.15) is 0 Å². The number of hydrogen-bond donors (Lipinski definition) is 0. The number of likely N-dealkylation sites (tertiary alicyclic amines) is 1. The molecule has 1 saturated heterocycles. The first-order valence-electron chi connectivity index (χ1n) is 7.49. The first kappa shape index (κ1) is 14.8. The van der Waals surface area contributed by atoms with Gasteiger partial charge in [-0.1, -0.05) is 6.92 Å². The van der Waals surface area contributed by atoms with Crippen LogP contribution in [0.5, 0.6) is 0 Å². The van der Waals surface area contributed by atoms with Gasteiger partial charge in [0.1, 0.15) is 12.0 Å². The highest BCUT2D eigenvalue weighted by Gasteiger charge is 2.40. The summed E-state index contributed by atoms with van der Waals surface area (Å²) in [5, 5.41) is 0. The minimum atomic E-state index is -2.66. The lowest BCUT2D eigenvalue weighted by Gasteiger charge is -2.28. The molecule has 1 fully saturated rings. The fourth-order valence-electron chi connectivity index (χ4n) is 3.87. The smallest absolute Gasteiger partial charge is 0.263 e. The van der Waals surface area contributed by atoms with Gasteiger partial charge in [-0.05, 0) is 42.5 Å². The van der Waals surface area contributed by atoms with Crippen LogP contribution in [0.15, 0.2) is 12.1 Å². The van der Waals surface area contributed by atoms with E-state index in [4.69, 9.17) is 0 Å². The summed E-state index contributed by atoms with van der Waals surface area (Å²) < 4.78 is 53.3. The number of alkyl halides is 3. The Morgan fingerprint density at radius 3 is 2.67 bits per heavy atom. The van der Waals surface area contributed by atoms with Gasteiger partial charge in [-0.25, -0.2) is 17.6 Å². The number of benzene rings is 1. The highest BCUT2D eigenvalue weighted by molar-refractivity contribution is 5.42. The van der Waals surface area contributed by atoms with Crippen molar-refractivity contribution in [2.45, 2.75) is 50.7 Å². The van der Waals surface area contributed by atoms with Crippen LogP contribution in [0.4, 0.5) is 17.6 Å². The van der Waals surface area contributed by atoms with Crippen molar-refractivity contribution in [3.63, 3.8) is 0 Å². The minimum Gasteiger partial charge on any atom is -0.296 e. The third-order valence-electron chi connectivity index (χ3n) is 4.82. The predicted molar refractivity (Wildman–Crippen MR) is 73.0 cm³/mol. The Bertz CT molecular complexity index is 531. The number of fused-ring (bicyclic) bond motifs is 1. The second-order valence-corrected chi connectivity index (χ2v) is 6.04. The zero-order chi connectivity index (χ0) is 15.1. The lowest BCUT2D eigenvalue weighted by Crippen LogP contribution is -2.36. The van der Waals surface area contributed by atoms with E-state index in [1.807, 2.05) is 6.92 Å². The molecular weight excluding hydrogens is 282 g/mol. The van der Waals surface area contributed by atoms with Gasteiger partial charge in [-0.15, -0.1) is 0 Å². The number of halogens is 4. The van der Waals surface area contributed by atoms with Crippen LogP contribution in [-0.2, 0) is 6.42 Å². The SMILES string of the molecule is CC[C@@H]1c2c(F)cc(C(F)F)cc2C[C@H]1N1CC[C@H](F)C1. The van der Waals surface area contributed by atoms with Crippen molar-refractivity contribution < 1.29 is 17.6 Å². The summed E-state index contributed by atoms with van der Waals surface area (Å²) in [5.74, 6) is -0.565. The zero-order valence-electron chi connectivity index (χ0n) is 12.0. The molecule has 21 heavy (non-hydrogen) atoms. The molecule has 1 aromatic carbocycles. The quantitative estimate of drug-likeness (QED) is 0.755. The van der Waals surface area contributed by atoms with Crippen LogP contribution in [0.1, 0.15) is 48.8 Å². The molecule has 0 unspecified atom stereocenters. The maximum atomic E-state index is 14.3. The maximum absolute atomic E-state index is 14.3. The topological polar surface area (TPSA) is 3.24 Å². The van der Waals surface area contributed by atoms with E-state index in [1.54, 1.807) is 0 Å². The van der Waals surface area contributed by atoms with Gasteiger partial charge in [0.25, 0.3) is 6.43 Å². The Hall–Kier alpha value is -1.10. The Morgan fingerprint density at radius 2 is 2.10 bits per heavy atom. The fourth-order valence-corrected chi connectivity index (χ4v) is 3.87. The van der Waals surface area contributed by atoms with Crippen molar-refractivity contribution in [3.05, 3.63) is 34.6 Å². The molecule has 0 aromatic heterocycles. The molecular formula is C16H19F4N. The average molecular weight is 301 g/mol. The van der Waals surface area contributed by atoms with Crippen LogP contribution in [-0.4, -0.2) is 30.2 Å². The van der Waals surface area contributed by atoms with E-state index in [0.717, 1.165) is 12.5 Å². The van der Waals surface area contributed by atoms with Crippen LogP contribution in [0.2, 0.25) is 0 Å². The van der Waals surface area contributed by atoms with Gasteiger partial charge in [0.2, 0.25) is 0 Å². The molecule has 1 aliphatic heterocycles. The average Bonchev–Trinajstić information content (AvgIpc) is 3.01. The minimum absolute atomic E-state index is 0.0305. The van der Waals surface area contributed by atoms with Gasteiger partial charge in [-0.3, -0.25) is 4.90 Å². The van der Waals surface area contributed by atoms with E-state index in [1.165, 1.54) is 6.07 Å². The molecule has 1 nitrogen and oxygen atoms in total. The maximum Gasteiger partial charge on any atom is 0.263 e. The second-order valence-electron chi connectivity index (χ2n) is 6.04. The predicted octanol–water partition coefficient (Wildman–Crippen LogP) is 4.23. The van der Waals surface area contributed by atoms with Gasteiger partial charge in [0.15, 0.2) is 0 Å². The molecule has 0 N–H and O–H groups in total. The zero-order valence-corrected chi connectivity index (χ0v) is 12.0. The summed E-state index contributed by atoms with van der Waals surface area (Å²) in [7, 11) is 0. The molecule has 116 valence electrons. The standard InChI is InChI=1S/C16H19F4N/c1-2-12-14(21-4-3-11(17)8-21)7-9-5-10(16(19)20)6-13(18)15(9)12/h5-6,11-12,14,16H,2-4,7-8H2,1H3/t11-,12-,14+/m0/s1. The third kappa shape index (κ3) is 2.56. The molecule has 0 spiro atoms. The van der Waals surface area contributed by atoms with E-state index in [0.29, 0.717) is 37.1 Å². The van der Waals surface area contributed by atoms with E-state index in [9.17, 15) is 17.6 Å². The molecule has 0 amide bonds. The molecule has 3 atom stereocenters. The summed E-state index contributed by atoms with van der Waals surface area (Å²) in [6, 6.07) is 2.42. The Morgan fingerprint density at radius 1 is 1.33 bits per heavy atom. The van der Waals surface area contributed by atoms with Crippen molar-refractivity contribution in [2.24, 2.45) is 0 Å². The van der Waals surface area contributed by atoms with E-state index < -0.39 is 18.4 Å². The van der Waals surface area contributed by atoms with Gasteiger partial charge in [0.05, 0.1) is 0 Å². The Balaban J connectivity index is 1.93. The summed E-state index contributed by atoms with van der Waals surface area (Å²) >= 11 is 0. The first-order valence-corrected chi connectivity index (χ1v) is 7.49. The van der Waals surface area contributed by atoms with Gasteiger partial charge < -0.3 is 0 Å². The summed E-state index contributed by atoms with van der Waals surface area (Å²) in [6.45, 7) is 3.01. The highest BCUT2D eigenvalue weighted by Crippen LogP contribution is 2.42. The molecule has 2 aliphatic rings. The van der Waals surface area contributed by atoms with Crippen LogP contribution >= 0.6 is 0 Å². The molecule has 0 saturated carbocycles. The molecule has 5 heteroatoms. The monoisotopic (exact) mass is 301 g/mol. The first-order chi connectivity index (χ1) is 10.0. The summed E-state index contributed by atoms with van der Waals surface area (Å²) in [6.07, 6.45) is -1.71. The molecule has 0 radical (unpaired) electrons. The normalized spacial score (nSPS) is 29.3. The van der Waals surface area contributed by atoms with E-state index in [2.05, 4.69) is 4.90 Å². The summed E-state index contributed by atoms with van der Waals surface area (Å²) in [4.78, 5) is 2.06. The largest absolute Gasteiger partial charge is 0.296 e. The Kier molecular flexibility index (Phi) is 3.95. The second kappa shape index (κ2) is 5.59. The van der Waals surface area contributed by atoms with Crippen LogP contribution in [0.25, 0.3) is 0 Å². The van der Waals surface area contributed by atoms with Crippen LogP contribution in [0.3, 0.4) is 0 Å². The molecule has 1 aromatic rings. The lowest BCUT2D eigenvalue weighted by atomic mass is 9.93. The molecule has 0 bridgehead atoms. The van der Waals surface area contributed by atoms with E-state index >= 15 is 0 Å². The van der Waals surface area contributed by atoms with Crippen LogP contribution in [0, 0.1) is 5.82 Å². The number of hydrogen-bond acceptors (Lipinski definition) is 1. The number of rotatable bonds is 3. The fraction of sp³-hybridized carbons (Fsp3) is 0.625.